The van der Waals surface area contributed by atoms with Gasteiger partial charge in [-0.2, -0.15) is 0 Å². The average molecular weight is 368 g/mol. The predicted molar refractivity (Wildman–Crippen MR) is 77.8 cm³/mol. The first-order valence-corrected chi connectivity index (χ1v) is 7.65. The van der Waals surface area contributed by atoms with E-state index >= 15 is 0 Å². The van der Waals surface area contributed by atoms with Crippen molar-refractivity contribution in [3.05, 3.63) is 12.7 Å². The van der Waals surface area contributed by atoms with Crippen LogP contribution in [0.5, 0.6) is 0 Å². The predicted octanol–water partition coefficient (Wildman–Crippen LogP) is -4.84. The van der Waals surface area contributed by atoms with Gasteiger partial charge < -0.3 is 55.1 Å². The number of rotatable bonds is 5. The smallest absolute Gasteiger partial charge is 0.187 e. The zero-order chi connectivity index (χ0) is 18.9. The third-order valence-corrected chi connectivity index (χ3v) is 4.51. The molecule has 0 aliphatic carbocycles. The van der Waals surface area contributed by atoms with E-state index in [2.05, 4.69) is 6.58 Å². The highest BCUT2D eigenvalue weighted by Gasteiger charge is 2.54. The molecule has 10 atom stereocenters. The Morgan fingerprint density at radius 2 is 1.60 bits per heavy atom. The Bertz CT molecular complexity index is 460. The summed E-state index contributed by atoms with van der Waals surface area (Å²) in [7, 11) is 0. The highest BCUT2D eigenvalue weighted by molar-refractivity contribution is 5.10. The fraction of sp³-hybridized carbons (Fsp3) is 0.857. The number of ether oxygens (including phenoxy) is 3. The lowest BCUT2D eigenvalue weighted by atomic mass is 9.87. The maximum atomic E-state index is 10.1. The van der Waals surface area contributed by atoms with E-state index in [0.29, 0.717) is 0 Å². The van der Waals surface area contributed by atoms with Crippen LogP contribution in [0.4, 0.5) is 0 Å². The maximum absolute atomic E-state index is 10.1. The van der Waals surface area contributed by atoms with Crippen molar-refractivity contribution in [3.8, 4) is 0 Å². The molecule has 2 aliphatic heterocycles. The van der Waals surface area contributed by atoms with E-state index in [1.54, 1.807) is 0 Å². The molecule has 11 heteroatoms. The van der Waals surface area contributed by atoms with E-state index in [1.807, 2.05) is 0 Å². The van der Waals surface area contributed by atoms with Crippen LogP contribution in [-0.4, -0.2) is 115 Å². The first kappa shape index (κ1) is 20.6. The quantitative estimate of drug-likeness (QED) is 0.217. The van der Waals surface area contributed by atoms with Crippen molar-refractivity contribution >= 4 is 0 Å². The van der Waals surface area contributed by atoms with Crippen LogP contribution in [-0.2, 0) is 14.2 Å². The maximum Gasteiger partial charge on any atom is 0.187 e. The highest BCUT2D eigenvalue weighted by atomic mass is 16.7. The fourth-order valence-corrected chi connectivity index (χ4v) is 2.85. The summed E-state index contributed by atoms with van der Waals surface area (Å²) in [4.78, 5) is 0. The monoisotopic (exact) mass is 368 g/mol. The van der Waals surface area contributed by atoms with Gasteiger partial charge in [0.15, 0.2) is 12.6 Å². The van der Waals surface area contributed by atoms with E-state index in [9.17, 15) is 40.9 Å². The first-order valence-electron chi connectivity index (χ1n) is 7.65. The molecule has 2 heterocycles. The van der Waals surface area contributed by atoms with Gasteiger partial charge in [-0.1, -0.05) is 6.08 Å². The second-order valence-electron chi connectivity index (χ2n) is 6.06. The molecule has 8 N–H and O–H groups in total. The van der Waals surface area contributed by atoms with Gasteiger partial charge in [-0.3, -0.25) is 0 Å². The standard InChI is InChI=1S/C14H24O11/c1-2-14(4-16)11(21)7(18)9(20)13(25-14)24-10-5(3-15)23-12(22)8(19)6(10)17/h2,5-13,15-22H,1,3-4H2/t5-,6-,7-,8-,9-,10-,11-,12-,13+,14-/m1/s1. The minimum Gasteiger partial charge on any atom is -0.394 e. The molecule has 2 aliphatic rings. The van der Waals surface area contributed by atoms with Gasteiger partial charge in [-0.15, -0.1) is 6.58 Å². The summed E-state index contributed by atoms with van der Waals surface area (Å²) >= 11 is 0. The number of aliphatic hydroxyl groups is 8. The van der Waals surface area contributed by atoms with Crippen LogP contribution in [0, 0.1) is 0 Å². The van der Waals surface area contributed by atoms with Crippen molar-refractivity contribution in [1.29, 1.82) is 0 Å². The third-order valence-electron chi connectivity index (χ3n) is 4.51. The van der Waals surface area contributed by atoms with Crippen LogP contribution in [0.2, 0.25) is 0 Å². The van der Waals surface area contributed by atoms with Gasteiger partial charge >= 0.3 is 0 Å². The van der Waals surface area contributed by atoms with Gasteiger partial charge in [0.2, 0.25) is 0 Å². The van der Waals surface area contributed by atoms with Gasteiger partial charge in [-0.05, 0) is 0 Å². The Labute approximate surface area is 142 Å². The number of hydrogen-bond acceptors (Lipinski definition) is 11. The fourth-order valence-electron chi connectivity index (χ4n) is 2.85. The summed E-state index contributed by atoms with van der Waals surface area (Å²) < 4.78 is 15.6. The first-order chi connectivity index (χ1) is 11.7. The molecule has 0 radical (unpaired) electrons. The highest BCUT2D eigenvalue weighted by Crippen LogP contribution is 2.33. The van der Waals surface area contributed by atoms with Crippen molar-refractivity contribution in [3.63, 3.8) is 0 Å². The summed E-state index contributed by atoms with van der Waals surface area (Å²) in [6.07, 6.45) is -13.9. The molecule has 2 saturated heterocycles. The second-order valence-corrected chi connectivity index (χ2v) is 6.06. The SMILES string of the molecule is C=C[C@]1(CO)O[C@H](O[C@H]2[C@H](O)[C@@H](O)[C@H](O)O[C@@H]2CO)[C@H](O)[C@@H](O)[C@H]1O. The van der Waals surface area contributed by atoms with Crippen molar-refractivity contribution < 1.29 is 55.1 Å². The molecule has 146 valence electrons. The summed E-state index contributed by atoms with van der Waals surface area (Å²) in [5.74, 6) is 0. The largest absolute Gasteiger partial charge is 0.394 e. The van der Waals surface area contributed by atoms with Crippen molar-refractivity contribution in [2.45, 2.75) is 60.9 Å². The number of aliphatic hydroxyl groups excluding tert-OH is 8. The average Bonchev–Trinajstić information content (AvgIpc) is 2.62. The van der Waals surface area contributed by atoms with Gasteiger partial charge in [0.1, 0.15) is 48.3 Å². The zero-order valence-electron chi connectivity index (χ0n) is 13.2. The molecule has 0 saturated carbocycles. The van der Waals surface area contributed by atoms with E-state index in [4.69, 9.17) is 14.2 Å². The van der Waals surface area contributed by atoms with Crippen LogP contribution in [0.15, 0.2) is 12.7 Å². The van der Waals surface area contributed by atoms with Gasteiger partial charge in [-0.25, -0.2) is 0 Å². The summed E-state index contributed by atoms with van der Waals surface area (Å²) in [5, 5.41) is 78.0. The summed E-state index contributed by atoms with van der Waals surface area (Å²) in [6, 6.07) is 0. The van der Waals surface area contributed by atoms with Crippen LogP contribution in [0.3, 0.4) is 0 Å². The molecule has 2 rings (SSSR count). The second kappa shape index (κ2) is 7.90. The van der Waals surface area contributed by atoms with Crippen molar-refractivity contribution in [2.75, 3.05) is 13.2 Å². The van der Waals surface area contributed by atoms with Crippen LogP contribution in [0.25, 0.3) is 0 Å². The molecule has 2 fully saturated rings. The van der Waals surface area contributed by atoms with Crippen LogP contribution in [0.1, 0.15) is 0 Å². The Kier molecular flexibility index (Phi) is 6.51. The van der Waals surface area contributed by atoms with E-state index in [0.717, 1.165) is 6.08 Å². The Morgan fingerprint density at radius 1 is 0.960 bits per heavy atom. The topological polar surface area (TPSA) is 190 Å². The lowest BCUT2D eigenvalue weighted by Crippen LogP contribution is -2.68. The van der Waals surface area contributed by atoms with E-state index in [-0.39, 0.29) is 0 Å². The number of hydrogen-bond donors (Lipinski definition) is 8. The molecular formula is C14H24O11. The Hall–Kier alpha value is -0.700. The lowest BCUT2D eigenvalue weighted by Gasteiger charge is -2.48. The molecule has 0 amide bonds. The third kappa shape index (κ3) is 3.59. The molecule has 0 aromatic carbocycles. The summed E-state index contributed by atoms with van der Waals surface area (Å²) in [5.41, 5.74) is -1.85. The normalized spacial score (nSPS) is 51.3. The van der Waals surface area contributed by atoms with Gasteiger partial charge in [0, 0.05) is 0 Å². The molecular weight excluding hydrogens is 344 g/mol. The molecule has 25 heavy (non-hydrogen) atoms. The Balaban J connectivity index is 2.23. The van der Waals surface area contributed by atoms with Gasteiger partial charge in [0.25, 0.3) is 0 Å². The molecule has 0 spiro atoms. The molecule has 0 unspecified atom stereocenters. The molecule has 0 bridgehead atoms. The van der Waals surface area contributed by atoms with Crippen LogP contribution < -0.4 is 0 Å². The summed E-state index contributed by atoms with van der Waals surface area (Å²) in [6.45, 7) is 1.91. The minimum atomic E-state index is -1.85. The van der Waals surface area contributed by atoms with Crippen molar-refractivity contribution in [1.82, 2.24) is 0 Å². The zero-order valence-corrected chi connectivity index (χ0v) is 13.2. The minimum absolute atomic E-state index is 0.702. The van der Waals surface area contributed by atoms with Gasteiger partial charge in [0.05, 0.1) is 13.2 Å². The molecule has 11 nitrogen and oxygen atoms in total. The van der Waals surface area contributed by atoms with E-state index < -0.39 is 74.1 Å². The molecule has 0 aromatic rings. The van der Waals surface area contributed by atoms with Crippen molar-refractivity contribution in [2.24, 2.45) is 0 Å². The van der Waals surface area contributed by atoms with Crippen LogP contribution >= 0.6 is 0 Å². The van der Waals surface area contributed by atoms with E-state index in [1.165, 1.54) is 0 Å². The Morgan fingerprint density at radius 3 is 2.12 bits per heavy atom. The lowest BCUT2D eigenvalue weighted by molar-refractivity contribution is -0.367. The molecule has 0 aromatic heterocycles.